The van der Waals surface area contributed by atoms with E-state index in [1.807, 2.05) is 30.3 Å². The molecule has 29 heavy (non-hydrogen) atoms. The van der Waals surface area contributed by atoms with Gasteiger partial charge in [0.2, 0.25) is 15.9 Å². The molecule has 1 N–H and O–H groups in total. The molecule has 0 saturated heterocycles. The molecule has 5 nitrogen and oxygen atoms in total. The Kier molecular flexibility index (Phi) is 8.11. The first-order valence-electron chi connectivity index (χ1n) is 9.73. The normalized spacial score (nSPS) is 13.7. The molecule has 0 spiro atoms. The molecule has 0 radical (unpaired) electrons. The van der Waals surface area contributed by atoms with E-state index in [4.69, 9.17) is 11.6 Å². The highest BCUT2D eigenvalue weighted by atomic mass is 35.5. The number of carbonyl (C=O) groups excluding carboxylic acids is 1. The molecule has 0 heterocycles. The third-order valence-electron chi connectivity index (χ3n) is 4.62. The van der Waals surface area contributed by atoms with Crippen LogP contribution >= 0.6 is 11.6 Å². The number of hydrogen-bond acceptors (Lipinski definition) is 3. The van der Waals surface area contributed by atoms with Crippen LogP contribution in [0.3, 0.4) is 0 Å². The quantitative estimate of drug-likeness (QED) is 0.614. The van der Waals surface area contributed by atoms with Gasteiger partial charge < -0.3 is 5.32 Å². The Labute approximate surface area is 179 Å². The van der Waals surface area contributed by atoms with Gasteiger partial charge in [0.15, 0.2) is 0 Å². The summed E-state index contributed by atoms with van der Waals surface area (Å²) in [4.78, 5) is 13.2. The number of nitrogens with zero attached hydrogens (tertiary/aromatic N) is 1. The number of carbonyl (C=O) groups is 1. The lowest BCUT2D eigenvalue weighted by Gasteiger charge is -2.32. The third-order valence-corrected chi connectivity index (χ3v) is 6.03. The second-order valence-corrected chi connectivity index (χ2v) is 9.86. The molecule has 1 amide bonds. The molecule has 2 rings (SSSR count). The molecule has 0 aliphatic rings. The lowest BCUT2D eigenvalue weighted by molar-refractivity contribution is -0.123. The lowest BCUT2D eigenvalue weighted by atomic mass is 9.96. The van der Waals surface area contributed by atoms with Gasteiger partial charge in [-0.2, -0.15) is 0 Å². The van der Waals surface area contributed by atoms with Crippen molar-refractivity contribution in [1.29, 1.82) is 0 Å². The number of anilines is 1. The molecule has 0 fully saturated rings. The van der Waals surface area contributed by atoms with Gasteiger partial charge in [0, 0.05) is 5.02 Å². The van der Waals surface area contributed by atoms with Crippen molar-refractivity contribution in [3.05, 3.63) is 65.2 Å². The molecule has 2 aromatic rings. The Hall–Kier alpha value is -2.05. The Morgan fingerprint density at radius 2 is 1.76 bits per heavy atom. The predicted octanol–water partition coefficient (Wildman–Crippen LogP) is 4.79. The van der Waals surface area contributed by atoms with Crippen molar-refractivity contribution in [2.45, 2.75) is 45.7 Å². The van der Waals surface area contributed by atoms with Crippen molar-refractivity contribution in [1.82, 2.24) is 5.32 Å². The van der Waals surface area contributed by atoms with Crippen LogP contribution in [-0.4, -0.2) is 26.6 Å². The maximum absolute atomic E-state index is 13.2. The lowest BCUT2D eigenvalue weighted by Crippen LogP contribution is -2.50. The van der Waals surface area contributed by atoms with Gasteiger partial charge in [-0.15, -0.1) is 0 Å². The maximum Gasteiger partial charge on any atom is 0.244 e. The minimum atomic E-state index is -3.70. The van der Waals surface area contributed by atoms with E-state index in [9.17, 15) is 13.2 Å². The second-order valence-electron chi connectivity index (χ2n) is 7.56. The van der Waals surface area contributed by atoms with Crippen LogP contribution in [0.4, 0.5) is 5.69 Å². The predicted molar refractivity (Wildman–Crippen MR) is 120 cm³/mol. The number of nitrogens with one attached hydrogen (secondary N) is 1. The van der Waals surface area contributed by atoms with Gasteiger partial charge >= 0.3 is 0 Å². The summed E-state index contributed by atoms with van der Waals surface area (Å²) >= 11 is 6.07. The maximum atomic E-state index is 13.2. The SMILES string of the molecule is CC[C@H](C(=O)N[C@@H](CC(C)C)c1ccccc1)N(c1cccc(Cl)c1)S(C)(=O)=O. The van der Waals surface area contributed by atoms with E-state index in [-0.39, 0.29) is 11.9 Å². The zero-order valence-corrected chi connectivity index (χ0v) is 18.9. The van der Waals surface area contributed by atoms with Crippen LogP contribution in [0.1, 0.15) is 45.2 Å². The van der Waals surface area contributed by atoms with Crippen LogP contribution in [0.15, 0.2) is 54.6 Å². The fourth-order valence-electron chi connectivity index (χ4n) is 3.38. The number of sulfonamides is 1. The van der Waals surface area contributed by atoms with E-state index in [1.54, 1.807) is 31.2 Å². The molecule has 0 bridgehead atoms. The van der Waals surface area contributed by atoms with E-state index < -0.39 is 16.1 Å². The van der Waals surface area contributed by atoms with Crippen LogP contribution < -0.4 is 9.62 Å². The van der Waals surface area contributed by atoms with Crippen molar-refractivity contribution in [3.63, 3.8) is 0 Å². The van der Waals surface area contributed by atoms with E-state index >= 15 is 0 Å². The van der Waals surface area contributed by atoms with Gasteiger partial charge in [-0.1, -0.05) is 68.8 Å². The monoisotopic (exact) mass is 436 g/mol. The third kappa shape index (κ3) is 6.47. The number of hydrogen-bond donors (Lipinski definition) is 1. The first-order chi connectivity index (χ1) is 13.6. The molecular weight excluding hydrogens is 408 g/mol. The molecule has 7 heteroatoms. The van der Waals surface area contributed by atoms with Crippen molar-refractivity contribution < 1.29 is 13.2 Å². The fourth-order valence-corrected chi connectivity index (χ4v) is 4.76. The smallest absolute Gasteiger partial charge is 0.244 e. The summed E-state index contributed by atoms with van der Waals surface area (Å²) in [6.07, 6.45) is 2.18. The highest BCUT2D eigenvalue weighted by Crippen LogP contribution is 2.27. The van der Waals surface area contributed by atoms with Crippen molar-refractivity contribution in [2.75, 3.05) is 10.6 Å². The average molecular weight is 437 g/mol. The van der Waals surface area contributed by atoms with E-state index in [1.165, 1.54) is 0 Å². The van der Waals surface area contributed by atoms with E-state index in [0.717, 1.165) is 22.5 Å². The largest absolute Gasteiger partial charge is 0.347 e. The summed E-state index contributed by atoms with van der Waals surface area (Å²) in [7, 11) is -3.70. The Bertz CT molecular complexity index is 917. The highest BCUT2D eigenvalue weighted by Gasteiger charge is 2.33. The number of amides is 1. The Balaban J connectivity index is 2.37. The van der Waals surface area contributed by atoms with Gasteiger partial charge in [-0.25, -0.2) is 8.42 Å². The van der Waals surface area contributed by atoms with Crippen LogP contribution in [0, 0.1) is 5.92 Å². The molecule has 0 unspecified atom stereocenters. The van der Waals surface area contributed by atoms with Crippen LogP contribution in [0.5, 0.6) is 0 Å². The summed E-state index contributed by atoms with van der Waals surface area (Å²) in [5, 5.41) is 3.49. The summed E-state index contributed by atoms with van der Waals surface area (Å²) in [5.74, 6) is 0.0342. The van der Waals surface area contributed by atoms with Gasteiger partial charge in [0.05, 0.1) is 18.0 Å². The summed E-state index contributed by atoms with van der Waals surface area (Å²) in [6, 6.07) is 15.2. The van der Waals surface area contributed by atoms with Gasteiger partial charge in [0.25, 0.3) is 0 Å². The van der Waals surface area contributed by atoms with Crippen LogP contribution in [0.25, 0.3) is 0 Å². The molecule has 0 saturated carbocycles. The summed E-state index contributed by atoms with van der Waals surface area (Å²) in [5.41, 5.74) is 1.38. The van der Waals surface area contributed by atoms with Crippen molar-refractivity contribution >= 4 is 33.2 Å². The number of rotatable bonds is 9. The summed E-state index contributed by atoms with van der Waals surface area (Å²) in [6.45, 7) is 5.98. The first kappa shape index (κ1) is 23.2. The van der Waals surface area contributed by atoms with Crippen molar-refractivity contribution in [2.24, 2.45) is 5.92 Å². The van der Waals surface area contributed by atoms with Crippen LogP contribution in [0.2, 0.25) is 5.02 Å². The van der Waals surface area contributed by atoms with E-state index in [0.29, 0.717) is 23.0 Å². The zero-order chi connectivity index (χ0) is 21.6. The number of halogens is 1. The minimum Gasteiger partial charge on any atom is -0.347 e. The summed E-state index contributed by atoms with van der Waals surface area (Å²) < 4.78 is 26.3. The molecule has 158 valence electrons. The van der Waals surface area contributed by atoms with Crippen LogP contribution in [-0.2, 0) is 14.8 Å². The molecular formula is C22H29ClN2O3S. The van der Waals surface area contributed by atoms with Crippen molar-refractivity contribution in [3.8, 4) is 0 Å². The molecule has 2 atom stereocenters. The molecule has 0 aliphatic carbocycles. The molecule has 0 aromatic heterocycles. The second kappa shape index (κ2) is 10.1. The van der Waals surface area contributed by atoms with E-state index in [2.05, 4.69) is 19.2 Å². The molecule has 2 aromatic carbocycles. The zero-order valence-electron chi connectivity index (χ0n) is 17.3. The van der Waals surface area contributed by atoms with Gasteiger partial charge in [-0.3, -0.25) is 9.10 Å². The Morgan fingerprint density at radius 1 is 1.10 bits per heavy atom. The fraction of sp³-hybridized carbons (Fsp3) is 0.409. The molecule has 0 aliphatic heterocycles. The minimum absolute atomic E-state index is 0.196. The topological polar surface area (TPSA) is 66.5 Å². The first-order valence-corrected chi connectivity index (χ1v) is 12.0. The standard InChI is InChI=1S/C22H29ClN2O3S/c1-5-21(25(29(4,27)28)19-13-9-12-18(23)15-19)22(26)24-20(14-16(2)3)17-10-7-6-8-11-17/h6-13,15-16,20-21H,5,14H2,1-4H3,(H,24,26)/t20-,21+/m0/s1. The number of benzene rings is 2. The van der Waals surface area contributed by atoms with Gasteiger partial charge in [0.1, 0.15) is 6.04 Å². The highest BCUT2D eigenvalue weighted by molar-refractivity contribution is 7.92. The Morgan fingerprint density at radius 3 is 2.28 bits per heavy atom. The average Bonchev–Trinajstić information content (AvgIpc) is 2.64. The van der Waals surface area contributed by atoms with Gasteiger partial charge in [-0.05, 0) is 42.5 Å².